The zero-order valence-electron chi connectivity index (χ0n) is 5.87. The Labute approximate surface area is 111 Å². The molecule has 0 aliphatic rings. The largest absolute Gasteiger partial charge is 0.397 e. The zero-order valence-corrected chi connectivity index (χ0v) is 12.3. The minimum Gasteiger partial charge on any atom is -0.397 e. The van der Waals surface area contributed by atoms with Crippen LogP contribution >= 0.6 is 67.8 Å². The number of anilines is 3. The van der Waals surface area contributed by atoms with Gasteiger partial charge in [0, 0.05) is 0 Å². The van der Waals surface area contributed by atoms with Gasteiger partial charge in [-0.05, 0) is 67.8 Å². The Balaban J connectivity index is 3.60. The molecule has 6 heteroatoms. The van der Waals surface area contributed by atoms with Crippen molar-refractivity contribution in [3.05, 3.63) is 10.7 Å². The van der Waals surface area contributed by atoms with Crippen molar-refractivity contribution in [1.82, 2.24) is 0 Å². The van der Waals surface area contributed by atoms with Gasteiger partial charge in [-0.2, -0.15) is 0 Å². The van der Waals surface area contributed by atoms with Crippen molar-refractivity contribution >= 4 is 84.8 Å². The van der Waals surface area contributed by atoms with E-state index in [1.807, 2.05) is 0 Å². The number of hydrogen-bond donors (Lipinski definition) is 3. The first-order chi connectivity index (χ1) is 5.46. The van der Waals surface area contributed by atoms with E-state index in [1.165, 1.54) is 0 Å². The van der Waals surface area contributed by atoms with Gasteiger partial charge < -0.3 is 17.2 Å². The van der Waals surface area contributed by atoms with Gasteiger partial charge in [-0.15, -0.1) is 0 Å². The van der Waals surface area contributed by atoms with Gasteiger partial charge in [-0.25, -0.2) is 0 Å². The van der Waals surface area contributed by atoms with Crippen molar-refractivity contribution in [3.8, 4) is 0 Å². The topological polar surface area (TPSA) is 78.1 Å². The lowest BCUT2D eigenvalue weighted by molar-refractivity contribution is 1.53. The van der Waals surface area contributed by atoms with Gasteiger partial charge in [0.05, 0.1) is 27.8 Å². The molecule has 0 atom stereocenters. The highest BCUT2D eigenvalue weighted by molar-refractivity contribution is 14.1. The third-order valence-corrected chi connectivity index (χ3v) is 4.91. The van der Waals surface area contributed by atoms with E-state index < -0.39 is 0 Å². The summed E-state index contributed by atoms with van der Waals surface area (Å²) in [5.41, 5.74) is 19.3. The van der Waals surface area contributed by atoms with Crippen LogP contribution in [0.15, 0.2) is 0 Å². The van der Waals surface area contributed by atoms with Crippen molar-refractivity contribution in [2.75, 3.05) is 17.2 Å². The van der Waals surface area contributed by atoms with Crippen molar-refractivity contribution in [1.29, 1.82) is 0 Å². The maximum absolute atomic E-state index is 5.77. The van der Waals surface area contributed by atoms with Crippen LogP contribution in [-0.2, 0) is 0 Å². The minimum absolute atomic E-state index is 0.673. The molecule has 0 amide bonds. The first-order valence-corrected chi connectivity index (χ1v) is 6.17. The van der Waals surface area contributed by atoms with Crippen LogP contribution in [0.4, 0.5) is 17.1 Å². The fraction of sp³-hybridized carbons (Fsp3) is 0. The Hall–Kier alpha value is 0.810. The lowest BCUT2D eigenvalue weighted by Gasteiger charge is -2.10. The summed E-state index contributed by atoms with van der Waals surface area (Å²) in [5, 5.41) is 0. The number of rotatable bonds is 0. The van der Waals surface area contributed by atoms with Crippen LogP contribution in [0.25, 0.3) is 0 Å². The summed E-state index contributed by atoms with van der Waals surface area (Å²) in [5.74, 6) is 0. The number of hydrogen-bond acceptors (Lipinski definition) is 3. The molecule has 1 aromatic rings. The summed E-state index contributed by atoms with van der Waals surface area (Å²) in [7, 11) is 0. The van der Waals surface area contributed by atoms with Crippen molar-refractivity contribution < 1.29 is 0 Å². The molecule has 0 spiro atoms. The third kappa shape index (κ3) is 1.69. The second-order valence-corrected chi connectivity index (χ2v) is 5.42. The van der Waals surface area contributed by atoms with Crippen LogP contribution in [0.2, 0.25) is 0 Å². The van der Waals surface area contributed by atoms with Crippen molar-refractivity contribution in [2.24, 2.45) is 0 Å². The molecule has 1 rings (SSSR count). The summed E-state index contributed by atoms with van der Waals surface area (Å²) >= 11 is 6.36. The van der Waals surface area contributed by atoms with E-state index in [0.29, 0.717) is 17.1 Å². The average molecular weight is 501 g/mol. The smallest absolute Gasteiger partial charge is 0.0628 e. The molecule has 0 unspecified atom stereocenters. The molecule has 6 N–H and O–H groups in total. The van der Waals surface area contributed by atoms with Crippen LogP contribution in [0.1, 0.15) is 0 Å². The second-order valence-electron chi connectivity index (χ2n) is 2.18. The molecule has 0 aromatic heterocycles. The molecule has 12 heavy (non-hydrogen) atoms. The first-order valence-electron chi connectivity index (χ1n) is 2.93. The highest BCUT2D eigenvalue weighted by atomic mass is 127. The van der Waals surface area contributed by atoms with Crippen LogP contribution in [0, 0.1) is 10.7 Å². The number of nitrogens with two attached hydrogens (primary N) is 3. The Bertz CT molecular complexity index is 232. The summed E-state index contributed by atoms with van der Waals surface area (Å²) < 4.78 is 2.65. The molecular formula is C6H6I3N3. The molecule has 0 aliphatic heterocycles. The number of nitrogen functional groups attached to an aromatic ring is 3. The molecule has 0 saturated carbocycles. The number of benzene rings is 1. The van der Waals surface area contributed by atoms with E-state index >= 15 is 0 Å². The van der Waals surface area contributed by atoms with E-state index in [-0.39, 0.29) is 0 Å². The standard InChI is InChI=1S/C6H6I3N3/c7-1-4(10)2(8)6(12)3(9)5(1)11/h10-12H2. The molecular weight excluding hydrogens is 495 g/mol. The number of halogens is 3. The molecule has 0 fully saturated rings. The van der Waals surface area contributed by atoms with Gasteiger partial charge in [0.25, 0.3) is 0 Å². The van der Waals surface area contributed by atoms with Crippen molar-refractivity contribution in [3.63, 3.8) is 0 Å². The van der Waals surface area contributed by atoms with E-state index in [2.05, 4.69) is 67.8 Å². The Kier molecular flexibility index (Phi) is 3.54. The molecule has 0 radical (unpaired) electrons. The molecule has 1 aromatic carbocycles. The quantitative estimate of drug-likeness (QED) is 0.378. The molecule has 66 valence electrons. The van der Waals surface area contributed by atoms with Crippen LogP contribution < -0.4 is 17.2 Å². The van der Waals surface area contributed by atoms with E-state index in [9.17, 15) is 0 Å². The van der Waals surface area contributed by atoms with E-state index in [0.717, 1.165) is 10.7 Å². The normalized spacial score (nSPS) is 10.2. The van der Waals surface area contributed by atoms with Gasteiger partial charge in [0.2, 0.25) is 0 Å². The molecule has 3 nitrogen and oxygen atoms in total. The summed E-state index contributed by atoms with van der Waals surface area (Å²) in [6.07, 6.45) is 0. The highest BCUT2D eigenvalue weighted by Crippen LogP contribution is 2.36. The lowest BCUT2D eigenvalue weighted by atomic mass is 10.2. The Morgan fingerprint density at radius 2 is 0.750 bits per heavy atom. The fourth-order valence-electron chi connectivity index (χ4n) is 0.724. The SMILES string of the molecule is Nc1c(I)c(N)c(I)c(N)c1I. The molecule has 0 aliphatic carbocycles. The van der Waals surface area contributed by atoms with Crippen LogP contribution in [0.3, 0.4) is 0 Å². The second kappa shape index (κ2) is 3.90. The predicted octanol–water partition coefficient (Wildman–Crippen LogP) is 2.25. The maximum Gasteiger partial charge on any atom is 0.0628 e. The van der Waals surface area contributed by atoms with Crippen LogP contribution in [-0.4, -0.2) is 0 Å². The van der Waals surface area contributed by atoms with Gasteiger partial charge >= 0.3 is 0 Å². The van der Waals surface area contributed by atoms with Gasteiger partial charge in [-0.3, -0.25) is 0 Å². The molecule has 0 saturated heterocycles. The average Bonchev–Trinajstić information content (AvgIpc) is 2.08. The van der Waals surface area contributed by atoms with Gasteiger partial charge in [-0.1, -0.05) is 0 Å². The third-order valence-electron chi connectivity index (χ3n) is 1.42. The van der Waals surface area contributed by atoms with E-state index in [4.69, 9.17) is 17.2 Å². The predicted molar refractivity (Wildman–Crippen MR) is 77.8 cm³/mol. The molecule has 0 bridgehead atoms. The highest BCUT2D eigenvalue weighted by Gasteiger charge is 2.13. The Morgan fingerprint density at radius 3 is 0.917 bits per heavy atom. The first kappa shape index (κ1) is 10.9. The lowest BCUT2D eigenvalue weighted by Crippen LogP contribution is -2.06. The van der Waals surface area contributed by atoms with Gasteiger partial charge in [0.1, 0.15) is 0 Å². The van der Waals surface area contributed by atoms with Crippen molar-refractivity contribution in [2.45, 2.75) is 0 Å². The zero-order chi connectivity index (χ0) is 9.46. The fourth-order valence-corrected chi connectivity index (χ4v) is 3.89. The monoisotopic (exact) mass is 501 g/mol. The van der Waals surface area contributed by atoms with Gasteiger partial charge in [0.15, 0.2) is 0 Å². The molecule has 0 heterocycles. The van der Waals surface area contributed by atoms with E-state index in [1.54, 1.807) is 0 Å². The van der Waals surface area contributed by atoms with Crippen LogP contribution in [0.5, 0.6) is 0 Å². The summed E-state index contributed by atoms with van der Waals surface area (Å²) in [6.45, 7) is 0. The summed E-state index contributed by atoms with van der Waals surface area (Å²) in [4.78, 5) is 0. The maximum atomic E-state index is 5.77. The Morgan fingerprint density at radius 1 is 0.583 bits per heavy atom. The summed E-state index contributed by atoms with van der Waals surface area (Å²) in [6, 6.07) is 0. The minimum atomic E-state index is 0.673.